The molecule has 2 heterocycles. The van der Waals surface area contributed by atoms with Crippen molar-refractivity contribution in [2.24, 2.45) is 4.99 Å². The Morgan fingerprint density at radius 1 is 1.25 bits per heavy atom. The number of hydrogen-bond donors (Lipinski definition) is 2. The van der Waals surface area contributed by atoms with E-state index >= 15 is 0 Å². The topological polar surface area (TPSA) is 68.9 Å². The third-order valence-corrected chi connectivity index (χ3v) is 4.45. The second kappa shape index (κ2) is 9.64. The summed E-state index contributed by atoms with van der Waals surface area (Å²) in [5.74, 6) is 2.01. The van der Waals surface area contributed by atoms with Crippen molar-refractivity contribution >= 4 is 5.96 Å². The highest BCUT2D eigenvalue weighted by molar-refractivity contribution is 5.79. The fraction of sp³-hybridized carbons (Fsp3) is 0.765. The van der Waals surface area contributed by atoms with Crippen molar-refractivity contribution < 1.29 is 4.52 Å². The number of hydrogen-bond acceptors (Lipinski definition) is 5. The van der Waals surface area contributed by atoms with Crippen LogP contribution in [0.5, 0.6) is 0 Å². The Morgan fingerprint density at radius 3 is 2.54 bits per heavy atom. The van der Waals surface area contributed by atoms with Crippen LogP contribution in [0.15, 0.2) is 15.6 Å². The third-order valence-electron chi connectivity index (χ3n) is 4.45. The minimum Gasteiger partial charge on any atom is -0.359 e. The number of piperazine rings is 1. The third kappa shape index (κ3) is 5.79. The normalized spacial score (nSPS) is 17.5. The van der Waals surface area contributed by atoms with Gasteiger partial charge in [-0.1, -0.05) is 25.9 Å². The van der Waals surface area contributed by atoms with E-state index in [1.165, 1.54) is 13.1 Å². The summed E-state index contributed by atoms with van der Waals surface area (Å²) in [6, 6.07) is 2.00. The van der Waals surface area contributed by atoms with Crippen LogP contribution in [0, 0.1) is 0 Å². The molecule has 2 N–H and O–H groups in total. The molecule has 1 aromatic heterocycles. The van der Waals surface area contributed by atoms with Crippen molar-refractivity contribution in [3.63, 3.8) is 0 Å². The van der Waals surface area contributed by atoms with Crippen LogP contribution in [0.3, 0.4) is 0 Å². The smallest absolute Gasteiger partial charge is 0.191 e. The molecule has 2 rings (SSSR count). The first-order valence-electron chi connectivity index (χ1n) is 8.97. The minimum absolute atomic E-state index is 0.383. The highest BCUT2D eigenvalue weighted by atomic mass is 16.5. The maximum atomic E-state index is 5.33. The van der Waals surface area contributed by atoms with Crippen LogP contribution >= 0.6 is 0 Å². The van der Waals surface area contributed by atoms with Crippen LogP contribution in [-0.2, 0) is 6.54 Å². The molecule has 0 aliphatic carbocycles. The van der Waals surface area contributed by atoms with Gasteiger partial charge in [-0.2, -0.15) is 0 Å². The molecule has 1 aromatic rings. The average Bonchev–Trinajstić information content (AvgIpc) is 3.08. The van der Waals surface area contributed by atoms with Gasteiger partial charge >= 0.3 is 0 Å². The maximum absolute atomic E-state index is 5.33. The Labute approximate surface area is 145 Å². The lowest BCUT2D eigenvalue weighted by atomic mass is 10.1. The van der Waals surface area contributed by atoms with Crippen molar-refractivity contribution in [1.29, 1.82) is 0 Å². The van der Waals surface area contributed by atoms with Gasteiger partial charge in [0, 0.05) is 52.4 Å². The Kier molecular flexibility index (Phi) is 7.52. The molecule has 24 heavy (non-hydrogen) atoms. The summed E-state index contributed by atoms with van der Waals surface area (Å²) < 4.78 is 5.33. The molecule has 1 fully saturated rings. The Hall–Kier alpha value is -1.60. The summed E-state index contributed by atoms with van der Waals surface area (Å²) in [5.41, 5.74) is 0.987. The van der Waals surface area contributed by atoms with Crippen molar-refractivity contribution in [2.75, 3.05) is 52.9 Å². The van der Waals surface area contributed by atoms with Crippen LogP contribution in [0.25, 0.3) is 0 Å². The Morgan fingerprint density at radius 2 is 1.96 bits per heavy atom. The van der Waals surface area contributed by atoms with Gasteiger partial charge in [0.1, 0.15) is 0 Å². The molecule has 7 heteroatoms. The summed E-state index contributed by atoms with van der Waals surface area (Å²) in [6.45, 7) is 14.8. The molecule has 136 valence electrons. The zero-order chi connectivity index (χ0) is 17.4. The zero-order valence-electron chi connectivity index (χ0n) is 15.5. The summed E-state index contributed by atoms with van der Waals surface area (Å²) in [7, 11) is 1.79. The predicted octanol–water partition coefficient (Wildman–Crippen LogP) is 1.10. The molecule has 0 spiro atoms. The van der Waals surface area contributed by atoms with Gasteiger partial charge in [-0.05, 0) is 12.5 Å². The van der Waals surface area contributed by atoms with E-state index in [2.05, 4.69) is 51.4 Å². The molecule has 1 saturated heterocycles. The first-order valence-corrected chi connectivity index (χ1v) is 8.97. The lowest BCUT2D eigenvalue weighted by Crippen LogP contribution is -2.49. The zero-order valence-corrected chi connectivity index (χ0v) is 15.5. The van der Waals surface area contributed by atoms with E-state index in [9.17, 15) is 0 Å². The molecule has 1 aliphatic heterocycles. The highest BCUT2D eigenvalue weighted by Gasteiger charge is 2.14. The number of rotatable bonds is 7. The summed E-state index contributed by atoms with van der Waals surface area (Å²) in [6.07, 6.45) is 0. The molecule has 0 bridgehead atoms. The summed E-state index contributed by atoms with van der Waals surface area (Å²) >= 11 is 0. The van der Waals surface area contributed by atoms with Gasteiger partial charge in [0.25, 0.3) is 0 Å². The number of likely N-dealkylation sites (N-methyl/N-ethyl adjacent to an activating group) is 1. The van der Waals surface area contributed by atoms with Crippen LogP contribution in [0.2, 0.25) is 0 Å². The first-order chi connectivity index (χ1) is 11.6. The SMILES string of the molecule is CCN1CCN(CCNC(=NC)NCc2cc(C(C)C)no2)CC1. The van der Waals surface area contributed by atoms with Crippen LogP contribution in [0.1, 0.15) is 38.1 Å². The van der Waals surface area contributed by atoms with E-state index in [4.69, 9.17) is 4.52 Å². The fourth-order valence-corrected chi connectivity index (χ4v) is 2.74. The maximum Gasteiger partial charge on any atom is 0.191 e. The molecule has 0 radical (unpaired) electrons. The standard InChI is InChI=1S/C17H32N6O/c1-5-22-8-10-23(11-9-22)7-6-19-17(18-4)20-13-15-12-16(14(2)3)21-24-15/h12,14H,5-11,13H2,1-4H3,(H2,18,19,20). The molecule has 0 saturated carbocycles. The number of nitrogens with one attached hydrogen (secondary N) is 2. The molecule has 0 unspecified atom stereocenters. The molecular formula is C17H32N6O. The van der Waals surface area contributed by atoms with Crippen molar-refractivity contribution in [3.8, 4) is 0 Å². The van der Waals surface area contributed by atoms with E-state index in [0.717, 1.165) is 50.1 Å². The summed E-state index contributed by atoms with van der Waals surface area (Å²) in [4.78, 5) is 9.25. The van der Waals surface area contributed by atoms with Crippen molar-refractivity contribution in [2.45, 2.75) is 33.2 Å². The number of aliphatic imine (C=N–C) groups is 1. The lowest BCUT2D eigenvalue weighted by molar-refractivity contribution is 0.139. The van der Waals surface area contributed by atoms with Gasteiger partial charge in [0.15, 0.2) is 11.7 Å². The van der Waals surface area contributed by atoms with Gasteiger partial charge in [0.2, 0.25) is 0 Å². The lowest BCUT2D eigenvalue weighted by Gasteiger charge is -2.34. The van der Waals surface area contributed by atoms with Gasteiger partial charge in [-0.3, -0.25) is 9.89 Å². The minimum atomic E-state index is 0.383. The Bertz CT molecular complexity index is 505. The van der Waals surface area contributed by atoms with E-state index < -0.39 is 0 Å². The average molecular weight is 336 g/mol. The first kappa shape index (κ1) is 18.7. The van der Waals surface area contributed by atoms with Gasteiger partial charge in [0.05, 0.1) is 12.2 Å². The monoisotopic (exact) mass is 336 g/mol. The molecule has 0 amide bonds. The number of aromatic nitrogens is 1. The molecule has 1 aliphatic rings. The van der Waals surface area contributed by atoms with Crippen molar-refractivity contribution in [3.05, 3.63) is 17.5 Å². The van der Waals surface area contributed by atoms with Crippen molar-refractivity contribution in [1.82, 2.24) is 25.6 Å². The largest absolute Gasteiger partial charge is 0.359 e. The van der Waals surface area contributed by atoms with E-state index in [0.29, 0.717) is 12.5 Å². The predicted molar refractivity (Wildman–Crippen MR) is 97.3 cm³/mol. The van der Waals surface area contributed by atoms with Gasteiger partial charge in [-0.25, -0.2) is 0 Å². The number of guanidine groups is 1. The molecular weight excluding hydrogens is 304 g/mol. The van der Waals surface area contributed by atoms with Gasteiger partial charge < -0.3 is 20.1 Å². The van der Waals surface area contributed by atoms with Crippen LogP contribution in [-0.4, -0.2) is 73.8 Å². The molecule has 0 aromatic carbocycles. The fourth-order valence-electron chi connectivity index (χ4n) is 2.74. The van der Waals surface area contributed by atoms with Crippen LogP contribution < -0.4 is 10.6 Å². The van der Waals surface area contributed by atoms with E-state index in [-0.39, 0.29) is 0 Å². The molecule has 0 atom stereocenters. The Balaban J connectivity index is 1.65. The van der Waals surface area contributed by atoms with Crippen LogP contribution in [0.4, 0.5) is 0 Å². The number of nitrogens with zero attached hydrogens (tertiary/aromatic N) is 4. The molecule has 7 nitrogen and oxygen atoms in total. The second-order valence-corrected chi connectivity index (χ2v) is 6.50. The second-order valence-electron chi connectivity index (χ2n) is 6.50. The van der Waals surface area contributed by atoms with E-state index in [1.54, 1.807) is 7.05 Å². The summed E-state index contributed by atoms with van der Waals surface area (Å²) in [5, 5.41) is 10.7. The van der Waals surface area contributed by atoms with E-state index in [1.807, 2.05) is 6.07 Å². The quantitative estimate of drug-likeness (QED) is 0.574. The highest BCUT2D eigenvalue weighted by Crippen LogP contribution is 2.13. The van der Waals surface area contributed by atoms with Gasteiger partial charge in [-0.15, -0.1) is 0 Å².